The molecule has 3 heteroatoms. The molecule has 2 aromatic rings. The minimum atomic E-state index is -0.238. The summed E-state index contributed by atoms with van der Waals surface area (Å²) in [7, 11) is 0. The Morgan fingerprint density at radius 1 is 1.05 bits per heavy atom. The lowest BCUT2D eigenvalue weighted by molar-refractivity contribution is 0.104. The van der Waals surface area contributed by atoms with Gasteiger partial charge < -0.3 is 5.11 Å². The van der Waals surface area contributed by atoms with E-state index in [9.17, 15) is 9.90 Å². The van der Waals surface area contributed by atoms with Crippen molar-refractivity contribution in [1.29, 1.82) is 0 Å². The summed E-state index contributed by atoms with van der Waals surface area (Å²) in [5.41, 5.74) is 3.38. The van der Waals surface area contributed by atoms with Crippen molar-refractivity contribution in [3.8, 4) is 0 Å². The van der Waals surface area contributed by atoms with Gasteiger partial charge in [-0.15, -0.1) is 0 Å². The van der Waals surface area contributed by atoms with E-state index in [1.54, 1.807) is 30.6 Å². The van der Waals surface area contributed by atoms with Crippen molar-refractivity contribution in [1.82, 2.24) is 4.98 Å². The summed E-state index contributed by atoms with van der Waals surface area (Å²) in [5, 5.41) is 9.99. The van der Waals surface area contributed by atoms with Gasteiger partial charge in [0, 0.05) is 29.6 Å². The minimum absolute atomic E-state index is 0.0232. The topological polar surface area (TPSA) is 50.2 Å². The molecular formula is C16H15NO2. The highest BCUT2D eigenvalue weighted by molar-refractivity contribution is 6.07. The van der Waals surface area contributed by atoms with Crippen LogP contribution >= 0.6 is 0 Å². The van der Waals surface area contributed by atoms with Crippen LogP contribution in [-0.4, -0.2) is 15.9 Å². The molecule has 1 N–H and O–H groups in total. The average Bonchev–Trinajstić information content (AvgIpc) is 2.42. The van der Waals surface area contributed by atoms with Crippen molar-refractivity contribution < 1.29 is 9.90 Å². The average molecular weight is 253 g/mol. The zero-order chi connectivity index (χ0) is 13.8. The molecule has 0 spiro atoms. The van der Waals surface area contributed by atoms with Crippen LogP contribution in [0.5, 0.6) is 0 Å². The summed E-state index contributed by atoms with van der Waals surface area (Å²) < 4.78 is 0. The van der Waals surface area contributed by atoms with Gasteiger partial charge in [0.2, 0.25) is 0 Å². The number of hydrogen-bond acceptors (Lipinski definition) is 3. The Morgan fingerprint density at radius 3 is 2.37 bits per heavy atom. The third kappa shape index (κ3) is 3.07. The number of allylic oxidation sites excluding steroid dienone is 1. The van der Waals surface area contributed by atoms with E-state index in [0.29, 0.717) is 11.1 Å². The van der Waals surface area contributed by atoms with Gasteiger partial charge in [-0.25, -0.2) is 0 Å². The molecule has 0 unspecified atom stereocenters. The first-order chi connectivity index (χ1) is 9.08. The predicted molar refractivity (Wildman–Crippen MR) is 75.1 cm³/mol. The van der Waals surface area contributed by atoms with Gasteiger partial charge in [0.25, 0.3) is 0 Å². The van der Waals surface area contributed by atoms with E-state index in [1.807, 2.05) is 26.0 Å². The first-order valence-electron chi connectivity index (χ1n) is 6.00. The smallest absolute Gasteiger partial charge is 0.189 e. The second-order valence-electron chi connectivity index (χ2n) is 4.43. The summed E-state index contributed by atoms with van der Waals surface area (Å²) in [6, 6.07) is 8.82. The van der Waals surface area contributed by atoms with Crippen LogP contribution < -0.4 is 0 Å². The molecule has 2 rings (SSSR count). The Kier molecular flexibility index (Phi) is 3.76. The van der Waals surface area contributed by atoms with Gasteiger partial charge in [-0.2, -0.15) is 0 Å². The molecule has 0 aliphatic rings. The summed E-state index contributed by atoms with van der Waals surface area (Å²) in [4.78, 5) is 15.8. The lowest BCUT2D eigenvalue weighted by Gasteiger charge is -2.04. The van der Waals surface area contributed by atoms with Crippen LogP contribution in [0.15, 0.2) is 48.8 Å². The first kappa shape index (κ1) is 13.0. The van der Waals surface area contributed by atoms with E-state index < -0.39 is 0 Å². The molecule has 0 aliphatic heterocycles. The highest BCUT2D eigenvalue weighted by Crippen LogP contribution is 2.17. The van der Waals surface area contributed by atoms with E-state index in [2.05, 4.69) is 4.98 Å². The molecule has 0 radical (unpaired) electrons. The first-order valence-corrected chi connectivity index (χ1v) is 6.00. The number of nitrogens with zero attached hydrogens (tertiary/aromatic N) is 1. The van der Waals surface area contributed by atoms with Gasteiger partial charge in [-0.05, 0) is 43.2 Å². The van der Waals surface area contributed by atoms with Crippen molar-refractivity contribution in [2.24, 2.45) is 0 Å². The van der Waals surface area contributed by atoms with Crippen LogP contribution in [0.25, 0.3) is 5.76 Å². The zero-order valence-corrected chi connectivity index (χ0v) is 10.9. The van der Waals surface area contributed by atoms with E-state index in [0.717, 1.165) is 11.1 Å². The highest BCUT2D eigenvalue weighted by atomic mass is 16.3. The van der Waals surface area contributed by atoms with Crippen molar-refractivity contribution in [3.63, 3.8) is 0 Å². The van der Waals surface area contributed by atoms with Crippen LogP contribution in [-0.2, 0) is 0 Å². The van der Waals surface area contributed by atoms with Gasteiger partial charge in [0.1, 0.15) is 5.76 Å². The van der Waals surface area contributed by atoms with Crippen LogP contribution in [0.3, 0.4) is 0 Å². The zero-order valence-electron chi connectivity index (χ0n) is 10.9. The Morgan fingerprint density at radius 2 is 1.74 bits per heavy atom. The lowest BCUT2D eigenvalue weighted by Crippen LogP contribution is -1.97. The van der Waals surface area contributed by atoms with Crippen molar-refractivity contribution in [3.05, 3.63) is 71.1 Å². The molecule has 3 nitrogen and oxygen atoms in total. The number of pyridine rings is 1. The van der Waals surface area contributed by atoms with Gasteiger partial charge >= 0.3 is 0 Å². The largest absolute Gasteiger partial charge is 0.507 e. The summed E-state index contributed by atoms with van der Waals surface area (Å²) in [6.45, 7) is 3.97. The van der Waals surface area contributed by atoms with Crippen molar-refractivity contribution >= 4 is 11.5 Å². The molecule has 1 heterocycles. The van der Waals surface area contributed by atoms with Gasteiger partial charge in [0.05, 0.1) is 0 Å². The normalized spacial score (nSPS) is 11.4. The fourth-order valence-corrected chi connectivity index (χ4v) is 1.71. The van der Waals surface area contributed by atoms with E-state index in [4.69, 9.17) is 0 Å². The molecule has 1 aromatic carbocycles. The van der Waals surface area contributed by atoms with Crippen LogP contribution in [0.2, 0.25) is 0 Å². The maximum Gasteiger partial charge on any atom is 0.189 e. The van der Waals surface area contributed by atoms with E-state index in [-0.39, 0.29) is 11.5 Å². The molecule has 0 bridgehead atoms. The second kappa shape index (κ2) is 5.48. The number of aryl methyl sites for hydroxylation is 2. The molecule has 0 atom stereocenters. The number of carbonyl (C=O) groups excluding carboxylic acids is 1. The molecule has 0 fully saturated rings. The number of hydrogen-bond donors (Lipinski definition) is 1. The van der Waals surface area contributed by atoms with Gasteiger partial charge in [-0.3, -0.25) is 9.78 Å². The maximum absolute atomic E-state index is 11.9. The van der Waals surface area contributed by atoms with E-state index >= 15 is 0 Å². The van der Waals surface area contributed by atoms with Gasteiger partial charge in [-0.1, -0.05) is 12.1 Å². The third-order valence-corrected chi connectivity index (χ3v) is 3.04. The van der Waals surface area contributed by atoms with Crippen molar-refractivity contribution in [2.45, 2.75) is 13.8 Å². The maximum atomic E-state index is 11.9. The number of rotatable bonds is 3. The molecule has 0 aliphatic carbocycles. The van der Waals surface area contributed by atoms with E-state index in [1.165, 1.54) is 6.08 Å². The molecule has 96 valence electrons. The quantitative estimate of drug-likeness (QED) is 0.517. The van der Waals surface area contributed by atoms with Crippen LogP contribution in [0.4, 0.5) is 0 Å². The van der Waals surface area contributed by atoms with Crippen molar-refractivity contribution in [2.75, 3.05) is 0 Å². The summed E-state index contributed by atoms with van der Waals surface area (Å²) in [6.07, 6.45) is 4.34. The monoisotopic (exact) mass is 253 g/mol. The fraction of sp³-hybridized carbons (Fsp3) is 0.125. The fourth-order valence-electron chi connectivity index (χ4n) is 1.71. The predicted octanol–water partition coefficient (Wildman–Crippen LogP) is 3.48. The van der Waals surface area contributed by atoms with Crippen LogP contribution in [0, 0.1) is 13.8 Å². The Bertz CT molecular complexity index is 630. The molecule has 1 aromatic heterocycles. The number of carbonyl (C=O) groups is 1. The molecule has 0 saturated carbocycles. The molecule has 0 amide bonds. The Labute approximate surface area is 112 Å². The summed E-state index contributed by atoms with van der Waals surface area (Å²) in [5.74, 6) is -0.261. The number of aliphatic hydroxyl groups is 1. The van der Waals surface area contributed by atoms with Crippen LogP contribution in [0.1, 0.15) is 27.0 Å². The third-order valence-electron chi connectivity index (χ3n) is 3.04. The van der Waals surface area contributed by atoms with Gasteiger partial charge in [0.15, 0.2) is 5.78 Å². The Hall–Kier alpha value is -2.42. The number of benzene rings is 1. The Balaban J connectivity index is 2.28. The number of aliphatic hydroxyl groups excluding tert-OH is 1. The standard InChI is InChI=1S/C16H15NO2/c1-11-3-4-14(9-12(11)2)16(19)10-15(18)13-5-7-17-8-6-13/h3-10,19H,1-2H3/b16-10-. The molecular weight excluding hydrogens is 238 g/mol. The number of aromatic nitrogens is 1. The SMILES string of the molecule is Cc1ccc(/C(O)=C/C(=O)c2ccncc2)cc1C. The lowest BCUT2D eigenvalue weighted by atomic mass is 10.0. The highest BCUT2D eigenvalue weighted by Gasteiger charge is 2.06. The summed E-state index contributed by atoms with van der Waals surface area (Å²) >= 11 is 0. The number of ketones is 1. The molecule has 19 heavy (non-hydrogen) atoms. The second-order valence-corrected chi connectivity index (χ2v) is 4.43. The molecule has 0 saturated heterocycles. The minimum Gasteiger partial charge on any atom is -0.507 e.